The Morgan fingerprint density at radius 1 is 1.26 bits per heavy atom. The second-order valence-electron chi connectivity index (χ2n) is 7.17. The minimum atomic E-state index is 0.398. The third-order valence-electron chi connectivity index (χ3n) is 4.84. The van der Waals surface area contributed by atoms with Gasteiger partial charge >= 0.3 is 0 Å². The van der Waals surface area contributed by atoms with Gasteiger partial charge in [-0.15, -0.1) is 0 Å². The molecule has 104 valence electrons. The van der Waals surface area contributed by atoms with Crippen LogP contribution in [0, 0.1) is 11.3 Å². The first-order valence-electron chi connectivity index (χ1n) is 7.51. The summed E-state index contributed by atoms with van der Waals surface area (Å²) in [5.74, 6) is 0.731. The zero-order valence-electron chi connectivity index (χ0n) is 12.0. The number of nitrogens with one attached hydrogen (secondary N) is 1. The molecule has 1 spiro atoms. The number of halogens is 1. The molecule has 2 aliphatic carbocycles. The molecule has 0 atom stereocenters. The summed E-state index contributed by atoms with van der Waals surface area (Å²) in [6.07, 6.45) is 5.71. The van der Waals surface area contributed by atoms with Crippen molar-refractivity contribution in [1.82, 2.24) is 5.32 Å². The van der Waals surface area contributed by atoms with Gasteiger partial charge in [0.1, 0.15) is 0 Å². The summed E-state index contributed by atoms with van der Waals surface area (Å²) in [5, 5.41) is 3.70. The van der Waals surface area contributed by atoms with Crippen LogP contribution >= 0.6 is 15.9 Å². The largest absolute Gasteiger partial charge is 0.316 e. The molecule has 0 saturated heterocycles. The Hall–Kier alpha value is -0.340. The van der Waals surface area contributed by atoms with Crippen LogP contribution < -0.4 is 5.32 Å². The molecule has 0 amide bonds. The van der Waals surface area contributed by atoms with Crippen molar-refractivity contribution in [2.45, 2.75) is 44.9 Å². The third kappa shape index (κ3) is 2.75. The third-order valence-corrected chi connectivity index (χ3v) is 5.33. The van der Waals surface area contributed by atoms with Crippen molar-refractivity contribution in [2.75, 3.05) is 13.1 Å². The standard InChI is InChI=1S/C17H24BrN/c1-13(2)9-19-12-17(10-16(11-17)6-7-16)14-4-3-5-15(18)8-14/h3-5,8,13,19H,6-7,9-12H2,1-2H3. The lowest BCUT2D eigenvalue weighted by Gasteiger charge is -2.50. The highest BCUT2D eigenvalue weighted by Crippen LogP contribution is 2.68. The fourth-order valence-corrected chi connectivity index (χ4v) is 4.16. The van der Waals surface area contributed by atoms with Gasteiger partial charge < -0.3 is 5.32 Å². The molecule has 0 bridgehead atoms. The van der Waals surface area contributed by atoms with E-state index in [0.29, 0.717) is 5.41 Å². The van der Waals surface area contributed by atoms with Crippen LogP contribution in [0.4, 0.5) is 0 Å². The summed E-state index contributed by atoms with van der Waals surface area (Å²) in [6.45, 7) is 6.83. The molecule has 0 unspecified atom stereocenters. The quantitative estimate of drug-likeness (QED) is 0.841. The maximum Gasteiger partial charge on any atom is 0.0178 e. The topological polar surface area (TPSA) is 12.0 Å². The molecule has 0 aromatic heterocycles. The molecule has 0 radical (unpaired) electrons. The van der Waals surface area contributed by atoms with Gasteiger partial charge in [0.25, 0.3) is 0 Å². The van der Waals surface area contributed by atoms with Crippen molar-refractivity contribution in [3.05, 3.63) is 34.3 Å². The van der Waals surface area contributed by atoms with E-state index >= 15 is 0 Å². The van der Waals surface area contributed by atoms with E-state index in [2.05, 4.69) is 59.4 Å². The predicted octanol–water partition coefficient (Wildman–Crippen LogP) is 4.51. The molecule has 1 aromatic rings. The van der Waals surface area contributed by atoms with Crippen molar-refractivity contribution in [3.63, 3.8) is 0 Å². The molecular weight excluding hydrogens is 298 g/mol. The van der Waals surface area contributed by atoms with Crippen LogP contribution in [0.5, 0.6) is 0 Å². The Kier molecular flexibility index (Phi) is 3.51. The molecule has 1 N–H and O–H groups in total. The smallest absolute Gasteiger partial charge is 0.0178 e. The second kappa shape index (κ2) is 4.89. The monoisotopic (exact) mass is 321 g/mol. The Morgan fingerprint density at radius 2 is 2.00 bits per heavy atom. The molecule has 19 heavy (non-hydrogen) atoms. The van der Waals surface area contributed by atoms with Crippen molar-refractivity contribution in [2.24, 2.45) is 11.3 Å². The average molecular weight is 322 g/mol. The van der Waals surface area contributed by atoms with Gasteiger partial charge in [-0.25, -0.2) is 0 Å². The Balaban J connectivity index is 1.74. The highest BCUT2D eigenvalue weighted by molar-refractivity contribution is 9.10. The zero-order valence-corrected chi connectivity index (χ0v) is 13.6. The van der Waals surface area contributed by atoms with Crippen molar-refractivity contribution < 1.29 is 0 Å². The normalized spacial score (nSPS) is 22.5. The van der Waals surface area contributed by atoms with E-state index in [4.69, 9.17) is 0 Å². The summed E-state index contributed by atoms with van der Waals surface area (Å²) in [4.78, 5) is 0. The van der Waals surface area contributed by atoms with E-state index in [0.717, 1.165) is 24.4 Å². The lowest BCUT2D eigenvalue weighted by molar-refractivity contribution is 0.115. The van der Waals surface area contributed by atoms with Crippen molar-refractivity contribution >= 4 is 15.9 Å². The second-order valence-corrected chi connectivity index (χ2v) is 8.08. The van der Waals surface area contributed by atoms with Gasteiger partial charge in [0.15, 0.2) is 0 Å². The molecule has 2 aliphatic rings. The molecule has 1 nitrogen and oxygen atoms in total. The average Bonchev–Trinajstić information content (AvgIpc) is 3.07. The van der Waals surface area contributed by atoms with E-state index in [9.17, 15) is 0 Å². The minimum Gasteiger partial charge on any atom is -0.316 e. The van der Waals surface area contributed by atoms with Crippen molar-refractivity contribution in [3.8, 4) is 0 Å². The number of hydrogen-bond acceptors (Lipinski definition) is 1. The fraction of sp³-hybridized carbons (Fsp3) is 0.647. The van der Waals surface area contributed by atoms with Gasteiger partial charge in [-0.05, 0) is 61.3 Å². The van der Waals surface area contributed by atoms with Crippen LogP contribution in [-0.2, 0) is 5.41 Å². The van der Waals surface area contributed by atoms with E-state index in [1.54, 1.807) is 0 Å². The Labute approximate surface area is 125 Å². The maximum absolute atomic E-state index is 3.70. The highest BCUT2D eigenvalue weighted by Gasteiger charge is 2.60. The Morgan fingerprint density at radius 3 is 2.58 bits per heavy atom. The van der Waals surface area contributed by atoms with Crippen LogP contribution in [0.3, 0.4) is 0 Å². The lowest BCUT2D eigenvalue weighted by atomic mass is 9.56. The Bertz CT molecular complexity index is 454. The van der Waals surface area contributed by atoms with Crippen LogP contribution in [0.1, 0.15) is 45.1 Å². The highest BCUT2D eigenvalue weighted by atomic mass is 79.9. The summed E-state index contributed by atoms with van der Waals surface area (Å²) < 4.78 is 1.21. The van der Waals surface area contributed by atoms with Gasteiger partial charge in [-0.2, -0.15) is 0 Å². The zero-order chi connectivity index (χ0) is 13.5. The van der Waals surface area contributed by atoms with E-state index in [-0.39, 0.29) is 0 Å². The minimum absolute atomic E-state index is 0.398. The van der Waals surface area contributed by atoms with Crippen molar-refractivity contribution in [1.29, 1.82) is 0 Å². The molecule has 1 aromatic carbocycles. The number of rotatable bonds is 5. The molecule has 2 heteroatoms. The van der Waals surface area contributed by atoms with Gasteiger partial charge in [-0.3, -0.25) is 0 Å². The van der Waals surface area contributed by atoms with Crippen LogP contribution in [-0.4, -0.2) is 13.1 Å². The molecule has 2 saturated carbocycles. The molecule has 0 aliphatic heterocycles. The molecular formula is C17H24BrN. The van der Waals surface area contributed by atoms with Gasteiger partial charge in [0.05, 0.1) is 0 Å². The lowest BCUT2D eigenvalue weighted by Crippen LogP contribution is -2.50. The van der Waals surface area contributed by atoms with Crippen LogP contribution in [0.15, 0.2) is 28.7 Å². The first-order chi connectivity index (χ1) is 9.04. The van der Waals surface area contributed by atoms with E-state index in [1.807, 2.05) is 0 Å². The van der Waals surface area contributed by atoms with Crippen LogP contribution in [0.25, 0.3) is 0 Å². The van der Waals surface area contributed by atoms with E-state index in [1.165, 1.54) is 35.7 Å². The first kappa shape index (κ1) is 13.6. The predicted molar refractivity (Wildman–Crippen MR) is 84.4 cm³/mol. The van der Waals surface area contributed by atoms with Gasteiger partial charge in [-0.1, -0.05) is 41.9 Å². The maximum atomic E-state index is 3.70. The fourth-order valence-electron chi connectivity index (χ4n) is 3.76. The van der Waals surface area contributed by atoms with Crippen LogP contribution in [0.2, 0.25) is 0 Å². The number of benzene rings is 1. The summed E-state index contributed by atoms with van der Waals surface area (Å²) in [5.41, 5.74) is 2.66. The summed E-state index contributed by atoms with van der Waals surface area (Å²) in [7, 11) is 0. The first-order valence-corrected chi connectivity index (χ1v) is 8.30. The molecule has 2 fully saturated rings. The summed E-state index contributed by atoms with van der Waals surface area (Å²) in [6, 6.07) is 8.95. The van der Waals surface area contributed by atoms with Gasteiger partial charge in [0.2, 0.25) is 0 Å². The summed E-state index contributed by atoms with van der Waals surface area (Å²) >= 11 is 3.62. The SMILES string of the molecule is CC(C)CNCC1(c2cccc(Br)c2)CC2(CC2)C1. The number of hydrogen-bond donors (Lipinski definition) is 1. The molecule has 0 heterocycles. The van der Waals surface area contributed by atoms with Gasteiger partial charge in [0, 0.05) is 16.4 Å². The molecule has 3 rings (SSSR count). The van der Waals surface area contributed by atoms with E-state index < -0.39 is 0 Å².